The summed E-state index contributed by atoms with van der Waals surface area (Å²) in [4.78, 5) is 16.5. The fourth-order valence-corrected chi connectivity index (χ4v) is 2.72. The Hall–Kier alpha value is -1.26. The Balaban J connectivity index is 2.17. The number of hydrogen-bond donors (Lipinski definition) is 0. The maximum Gasteiger partial charge on any atom is 0.230 e. The monoisotopic (exact) mass is 224 g/mol. The highest BCUT2D eigenvalue weighted by atomic mass is 16.5. The molecule has 2 saturated heterocycles. The van der Waals surface area contributed by atoms with Gasteiger partial charge in [-0.15, -0.1) is 0 Å². The lowest BCUT2D eigenvalue weighted by atomic mass is 9.78. The van der Waals surface area contributed by atoms with Crippen LogP contribution in [0.15, 0.2) is 5.11 Å². The van der Waals surface area contributed by atoms with E-state index < -0.39 is 5.72 Å². The van der Waals surface area contributed by atoms with Crippen LogP contribution in [0.1, 0.15) is 27.2 Å². The number of azide groups is 1. The smallest absolute Gasteiger partial charge is 0.230 e. The van der Waals surface area contributed by atoms with Gasteiger partial charge in [0, 0.05) is 17.0 Å². The van der Waals surface area contributed by atoms with E-state index in [9.17, 15) is 4.79 Å². The Morgan fingerprint density at radius 2 is 2.38 bits per heavy atom. The summed E-state index contributed by atoms with van der Waals surface area (Å²) >= 11 is 0. The first-order valence-corrected chi connectivity index (χ1v) is 5.50. The van der Waals surface area contributed by atoms with E-state index in [1.54, 1.807) is 11.8 Å². The second-order valence-corrected chi connectivity index (χ2v) is 4.83. The minimum atomic E-state index is -0.521. The van der Waals surface area contributed by atoms with Crippen molar-refractivity contribution in [1.82, 2.24) is 4.90 Å². The second-order valence-electron chi connectivity index (χ2n) is 4.83. The lowest BCUT2D eigenvalue weighted by molar-refractivity contribution is -0.234. The first-order chi connectivity index (χ1) is 7.49. The molecule has 0 saturated carbocycles. The first kappa shape index (κ1) is 11.2. The Kier molecular flexibility index (Phi) is 2.56. The Morgan fingerprint density at radius 1 is 1.69 bits per heavy atom. The van der Waals surface area contributed by atoms with Crippen LogP contribution in [0.4, 0.5) is 0 Å². The molecule has 6 nitrogen and oxygen atoms in total. The molecule has 0 aliphatic carbocycles. The molecular weight excluding hydrogens is 208 g/mol. The number of amides is 1. The normalized spacial score (nSPS) is 33.4. The van der Waals surface area contributed by atoms with Crippen LogP contribution < -0.4 is 0 Å². The van der Waals surface area contributed by atoms with Crippen LogP contribution in [-0.2, 0) is 9.53 Å². The molecular formula is C10H16N4O2. The van der Waals surface area contributed by atoms with E-state index in [2.05, 4.69) is 10.0 Å². The molecule has 2 aliphatic rings. The largest absolute Gasteiger partial charge is 0.356 e. The Morgan fingerprint density at radius 3 is 3.00 bits per heavy atom. The molecule has 2 rings (SSSR count). The molecule has 1 amide bonds. The van der Waals surface area contributed by atoms with Crippen molar-refractivity contribution in [2.45, 2.75) is 45.0 Å². The summed E-state index contributed by atoms with van der Waals surface area (Å²) in [5.41, 5.74) is 7.88. The van der Waals surface area contributed by atoms with Crippen LogP contribution in [0.5, 0.6) is 0 Å². The van der Waals surface area contributed by atoms with E-state index in [0.29, 0.717) is 6.61 Å². The van der Waals surface area contributed by atoms with E-state index in [1.807, 2.05) is 13.8 Å². The number of carbonyl (C=O) groups is 1. The van der Waals surface area contributed by atoms with Gasteiger partial charge in [-0.25, -0.2) is 0 Å². The first-order valence-electron chi connectivity index (χ1n) is 5.50. The lowest BCUT2D eigenvalue weighted by Crippen LogP contribution is -2.73. The molecule has 0 aromatic rings. The van der Waals surface area contributed by atoms with Crippen molar-refractivity contribution >= 4 is 5.91 Å². The fraction of sp³-hybridized carbons (Fsp3) is 0.900. The average Bonchev–Trinajstić information content (AvgIpc) is 2.15. The molecule has 0 spiro atoms. The molecule has 0 N–H and O–H groups in total. The van der Waals surface area contributed by atoms with Crippen molar-refractivity contribution in [2.24, 2.45) is 11.0 Å². The van der Waals surface area contributed by atoms with Gasteiger partial charge in [-0.3, -0.25) is 4.79 Å². The van der Waals surface area contributed by atoms with Crippen molar-refractivity contribution in [2.75, 3.05) is 6.61 Å². The SMILES string of the molecule is CC(N=[N+]=[N-])C1C(=O)N2C1CCOC2(C)C. The predicted octanol–water partition coefficient (Wildman–Crippen LogP) is 1.67. The second kappa shape index (κ2) is 3.64. The van der Waals surface area contributed by atoms with Gasteiger partial charge in [0.15, 0.2) is 0 Å². The number of ether oxygens (including phenoxy) is 1. The van der Waals surface area contributed by atoms with Crippen LogP contribution in [0.25, 0.3) is 10.4 Å². The molecule has 3 atom stereocenters. The van der Waals surface area contributed by atoms with Gasteiger partial charge in [0.1, 0.15) is 5.72 Å². The zero-order valence-electron chi connectivity index (χ0n) is 9.75. The third-order valence-corrected chi connectivity index (χ3v) is 3.47. The van der Waals surface area contributed by atoms with Gasteiger partial charge >= 0.3 is 0 Å². The van der Waals surface area contributed by atoms with Gasteiger partial charge in [0.2, 0.25) is 5.91 Å². The summed E-state index contributed by atoms with van der Waals surface area (Å²) in [6.45, 7) is 6.24. The molecule has 6 heteroatoms. The average molecular weight is 224 g/mol. The minimum absolute atomic E-state index is 0.0367. The maximum atomic E-state index is 12.0. The quantitative estimate of drug-likeness (QED) is 0.309. The fourth-order valence-electron chi connectivity index (χ4n) is 2.72. The Bertz CT molecular complexity index is 362. The molecule has 2 fully saturated rings. The van der Waals surface area contributed by atoms with Crippen molar-refractivity contribution in [1.29, 1.82) is 0 Å². The molecule has 2 aliphatic heterocycles. The molecule has 88 valence electrons. The summed E-state index contributed by atoms with van der Waals surface area (Å²) in [6, 6.07) is -0.107. The molecule has 16 heavy (non-hydrogen) atoms. The summed E-state index contributed by atoms with van der Waals surface area (Å²) < 4.78 is 5.56. The molecule has 0 aromatic heterocycles. The zero-order chi connectivity index (χ0) is 11.9. The van der Waals surface area contributed by atoms with Gasteiger partial charge in [-0.05, 0) is 25.8 Å². The van der Waals surface area contributed by atoms with Crippen molar-refractivity contribution in [3.8, 4) is 0 Å². The molecule has 0 aromatic carbocycles. The van der Waals surface area contributed by atoms with Crippen molar-refractivity contribution in [3.63, 3.8) is 0 Å². The Labute approximate surface area is 94.2 Å². The highest BCUT2D eigenvalue weighted by Gasteiger charge is 2.56. The van der Waals surface area contributed by atoms with E-state index >= 15 is 0 Å². The molecule has 0 bridgehead atoms. The number of rotatable bonds is 2. The summed E-state index contributed by atoms with van der Waals surface area (Å²) in [7, 11) is 0. The highest BCUT2D eigenvalue weighted by molar-refractivity contribution is 5.87. The lowest BCUT2D eigenvalue weighted by Gasteiger charge is -2.58. The summed E-state index contributed by atoms with van der Waals surface area (Å²) in [5.74, 6) is -0.131. The number of carbonyl (C=O) groups excluding carboxylic acids is 1. The van der Waals surface area contributed by atoms with Crippen molar-refractivity contribution < 1.29 is 9.53 Å². The van der Waals surface area contributed by atoms with E-state index in [1.165, 1.54) is 0 Å². The predicted molar refractivity (Wildman–Crippen MR) is 57.4 cm³/mol. The van der Waals surface area contributed by atoms with Gasteiger partial charge < -0.3 is 9.64 Å². The topological polar surface area (TPSA) is 78.3 Å². The van der Waals surface area contributed by atoms with Gasteiger partial charge in [-0.2, -0.15) is 0 Å². The van der Waals surface area contributed by atoms with E-state index in [0.717, 1.165) is 6.42 Å². The molecule has 3 unspecified atom stereocenters. The van der Waals surface area contributed by atoms with Crippen LogP contribution in [0, 0.1) is 5.92 Å². The number of hydrogen-bond acceptors (Lipinski definition) is 3. The van der Waals surface area contributed by atoms with Crippen LogP contribution in [0.2, 0.25) is 0 Å². The van der Waals surface area contributed by atoms with Crippen LogP contribution in [-0.4, -0.2) is 35.2 Å². The van der Waals surface area contributed by atoms with E-state index in [4.69, 9.17) is 10.3 Å². The standard InChI is InChI=1S/C10H16N4O2/c1-6(12-13-11)8-7-4-5-16-10(2,3)14(7)9(8)15/h6-8H,4-5H2,1-3H3. The van der Waals surface area contributed by atoms with E-state index in [-0.39, 0.29) is 23.9 Å². The summed E-state index contributed by atoms with van der Waals surface area (Å²) in [6.07, 6.45) is 0.825. The zero-order valence-corrected chi connectivity index (χ0v) is 9.75. The van der Waals surface area contributed by atoms with Gasteiger partial charge in [0.25, 0.3) is 0 Å². The summed E-state index contributed by atoms with van der Waals surface area (Å²) in [5, 5.41) is 3.63. The van der Waals surface area contributed by atoms with Crippen LogP contribution >= 0.6 is 0 Å². The molecule has 0 radical (unpaired) electrons. The number of nitrogens with zero attached hydrogens (tertiary/aromatic N) is 4. The number of β-lactam (4-membered cyclic amide) rings is 1. The molecule has 2 heterocycles. The third-order valence-electron chi connectivity index (χ3n) is 3.47. The maximum absolute atomic E-state index is 12.0. The van der Waals surface area contributed by atoms with Gasteiger partial charge in [0.05, 0.1) is 12.5 Å². The minimum Gasteiger partial charge on any atom is -0.356 e. The van der Waals surface area contributed by atoms with Gasteiger partial charge in [-0.1, -0.05) is 12.0 Å². The third kappa shape index (κ3) is 1.45. The number of fused-ring (bicyclic) bond motifs is 1. The van der Waals surface area contributed by atoms with Crippen molar-refractivity contribution in [3.05, 3.63) is 10.4 Å². The highest BCUT2D eigenvalue weighted by Crippen LogP contribution is 2.42. The van der Waals surface area contributed by atoms with Crippen LogP contribution in [0.3, 0.4) is 0 Å².